The summed E-state index contributed by atoms with van der Waals surface area (Å²) < 4.78 is 53.0. The van der Waals surface area contributed by atoms with E-state index in [4.69, 9.17) is 5.73 Å². The second kappa shape index (κ2) is 5.33. The molecule has 2 aromatic rings. The number of benzene rings is 2. The van der Waals surface area contributed by atoms with Crippen molar-refractivity contribution in [1.82, 2.24) is 0 Å². The highest BCUT2D eigenvalue weighted by atomic mass is 32.2. The SMILES string of the molecule is Cc1cc(S(=O)(=O)N(C)c2ccccc2F)cc(N)c1F. The van der Waals surface area contributed by atoms with Crippen LogP contribution >= 0.6 is 0 Å². The Labute approximate surface area is 121 Å². The van der Waals surface area contributed by atoms with E-state index in [0.29, 0.717) is 0 Å². The average Bonchev–Trinajstić information content (AvgIpc) is 2.44. The summed E-state index contributed by atoms with van der Waals surface area (Å²) >= 11 is 0. The number of nitrogens with two attached hydrogens (primary N) is 1. The van der Waals surface area contributed by atoms with E-state index in [1.165, 1.54) is 38.2 Å². The molecule has 0 saturated heterocycles. The highest BCUT2D eigenvalue weighted by molar-refractivity contribution is 7.92. The van der Waals surface area contributed by atoms with Gasteiger partial charge in [0.1, 0.15) is 11.6 Å². The first-order valence-electron chi connectivity index (χ1n) is 6.04. The van der Waals surface area contributed by atoms with Gasteiger partial charge >= 0.3 is 0 Å². The normalized spacial score (nSPS) is 11.4. The van der Waals surface area contributed by atoms with Crippen molar-refractivity contribution >= 4 is 21.4 Å². The van der Waals surface area contributed by atoms with Gasteiger partial charge in [-0.25, -0.2) is 17.2 Å². The molecule has 0 heterocycles. The van der Waals surface area contributed by atoms with Crippen molar-refractivity contribution in [3.05, 3.63) is 53.6 Å². The van der Waals surface area contributed by atoms with Gasteiger partial charge in [-0.3, -0.25) is 4.31 Å². The van der Waals surface area contributed by atoms with E-state index in [1.54, 1.807) is 0 Å². The van der Waals surface area contributed by atoms with Crippen LogP contribution in [0.4, 0.5) is 20.2 Å². The van der Waals surface area contributed by atoms with Gasteiger partial charge < -0.3 is 5.73 Å². The molecule has 0 radical (unpaired) electrons. The minimum absolute atomic E-state index is 0.0990. The molecular formula is C14H14F2N2O2S. The van der Waals surface area contributed by atoms with Gasteiger partial charge in [0.15, 0.2) is 0 Å². The lowest BCUT2D eigenvalue weighted by Crippen LogP contribution is -2.27. The Balaban J connectivity index is 2.55. The van der Waals surface area contributed by atoms with Crippen LogP contribution in [-0.4, -0.2) is 15.5 Å². The molecule has 0 bridgehead atoms. The molecule has 7 heteroatoms. The fourth-order valence-corrected chi connectivity index (χ4v) is 3.23. The Kier molecular flexibility index (Phi) is 3.87. The predicted octanol–water partition coefficient (Wildman–Crippen LogP) is 2.68. The molecule has 2 N–H and O–H groups in total. The fourth-order valence-electron chi connectivity index (χ4n) is 1.91. The molecule has 112 valence electrons. The number of halogens is 2. The van der Waals surface area contributed by atoms with Crippen LogP contribution < -0.4 is 10.0 Å². The maximum Gasteiger partial charge on any atom is 0.264 e. The van der Waals surface area contributed by atoms with Crippen LogP contribution in [0, 0.1) is 18.6 Å². The zero-order chi connectivity index (χ0) is 15.8. The van der Waals surface area contributed by atoms with Crippen molar-refractivity contribution in [3.63, 3.8) is 0 Å². The molecule has 2 rings (SSSR count). The van der Waals surface area contributed by atoms with Crippen LogP contribution in [0.3, 0.4) is 0 Å². The highest BCUT2D eigenvalue weighted by Crippen LogP contribution is 2.27. The van der Waals surface area contributed by atoms with Crippen molar-refractivity contribution in [2.75, 3.05) is 17.1 Å². The van der Waals surface area contributed by atoms with Gasteiger partial charge in [0.2, 0.25) is 0 Å². The molecule has 0 aliphatic carbocycles. The minimum atomic E-state index is -4.03. The van der Waals surface area contributed by atoms with Gasteiger partial charge in [-0.1, -0.05) is 12.1 Å². The van der Waals surface area contributed by atoms with E-state index in [1.807, 2.05) is 0 Å². The average molecular weight is 312 g/mol. The quantitative estimate of drug-likeness (QED) is 0.886. The van der Waals surface area contributed by atoms with Crippen LogP contribution in [-0.2, 0) is 10.0 Å². The first-order chi connectivity index (χ1) is 9.75. The highest BCUT2D eigenvalue weighted by Gasteiger charge is 2.24. The minimum Gasteiger partial charge on any atom is -0.396 e. The number of aryl methyl sites for hydroxylation is 1. The smallest absolute Gasteiger partial charge is 0.264 e. The molecule has 0 aromatic heterocycles. The fraction of sp³-hybridized carbons (Fsp3) is 0.143. The predicted molar refractivity (Wildman–Crippen MR) is 77.5 cm³/mol. The van der Waals surface area contributed by atoms with Crippen LogP contribution in [0.2, 0.25) is 0 Å². The summed E-state index contributed by atoms with van der Waals surface area (Å²) in [6.45, 7) is 1.41. The van der Waals surface area contributed by atoms with Crippen molar-refractivity contribution < 1.29 is 17.2 Å². The number of rotatable bonds is 3. The van der Waals surface area contributed by atoms with Gasteiger partial charge in [0.25, 0.3) is 10.0 Å². The molecule has 21 heavy (non-hydrogen) atoms. The first kappa shape index (κ1) is 15.2. The third kappa shape index (κ3) is 2.69. The van der Waals surface area contributed by atoms with Crippen LogP contribution in [0.25, 0.3) is 0 Å². The number of nitrogens with zero attached hydrogens (tertiary/aromatic N) is 1. The lowest BCUT2D eigenvalue weighted by Gasteiger charge is -2.20. The van der Waals surface area contributed by atoms with Crippen LogP contribution in [0.5, 0.6) is 0 Å². The molecule has 4 nitrogen and oxygen atoms in total. The van der Waals surface area contributed by atoms with E-state index in [0.717, 1.165) is 16.4 Å². The number of nitrogen functional groups attached to an aromatic ring is 1. The van der Waals surface area contributed by atoms with Gasteiger partial charge in [-0.05, 0) is 36.8 Å². The third-order valence-corrected chi connectivity index (χ3v) is 4.86. The van der Waals surface area contributed by atoms with E-state index in [2.05, 4.69) is 0 Å². The molecular weight excluding hydrogens is 298 g/mol. The lowest BCUT2D eigenvalue weighted by atomic mass is 10.2. The summed E-state index contributed by atoms with van der Waals surface area (Å²) in [5.74, 6) is -1.34. The number of hydrogen-bond acceptors (Lipinski definition) is 3. The Morgan fingerprint density at radius 2 is 1.76 bits per heavy atom. The molecule has 0 amide bonds. The summed E-state index contributed by atoms with van der Waals surface area (Å²) in [6, 6.07) is 7.67. The number of hydrogen-bond donors (Lipinski definition) is 1. The molecule has 0 aliphatic heterocycles. The molecule has 2 aromatic carbocycles. The molecule has 0 aliphatic rings. The largest absolute Gasteiger partial charge is 0.396 e. The lowest BCUT2D eigenvalue weighted by molar-refractivity contribution is 0.588. The van der Waals surface area contributed by atoms with E-state index in [9.17, 15) is 17.2 Å². The van der Waals surface area contributed by atoms with E-state index < -0.39 is 21.7 Å². The molecule has 0 atom stereocenters. The number of sulfonamides is 1. The summed E-state index contributed by atoms with van der Waals surface area (Å²) in [6.07, 6.45) is 0. The van der Waals surface area contributed by atoms with Gasteiger partial charge in [-0.15, -0.1) is 0 Å². The molecule has 0 spiro atoms. The number of anilines is 2. The van der Waals surface area contributed by atoms with Gasteiger partial charge in [0, 0.05) is 7.05 Å². The van der Waals surface area contributed by atoms with E-state index >= 15 is 0 Å². The third-order valence-electron chi connectivity index (χ3n) is 3.11. The van der Waals surface area contributed by atoms with Crippen LogP contribution in [0.15, 0.2) is 41.3 Å². The Morgan fingerprint density at radius 3 is 2.33 bits per heavy atom. The van der Waals surface area contributed by atoms with Crippen molar-refractivity contribution in [1.29, 1.82) is 0 Å². The van der Waals surface area contributed by atoms with Crippen molar-refractivity contribution in [2.24, 2.45) is 0 Å². The zero-order valence-electron chi connectivity index (χ0n) is 11.5. The number of para-hydroxylation sites is 1. The first-order valence-corrected chi connectivity index (χ1v) is 7.48. The van der Waals surface area contributed by atoms with E-state index in [-0.39, 0.29) is 21.8 Å². The van der Waals surface area contributed by atoms with Gasteiger partial charge in [-0.2, -0.15) is 0 Å². The summed E-state index contributed by atoms with van der Waals surface area (Å²) in [7, 11) is -2.80. The summed E-state index contributed by atoms with van der Waals surface area (Å²) in [4.78, 5) is -0.190. The van der Waals surface area contributed by atoms with Crippen molar-refractivity contribution in [2.45, 2.75) is 11.8 Å². The molecule has 0 fully saturated rings. The monoisotopic (exact) mass is 312 g/mol. The maximum absolute atomic E-state index is 13.7. The summed E-state index contributed by atoms with van der Waals surface area (Å²) in [5, 5.41) is 0. The van der Waals surface area contributed by atoms with Crippen molar-refractivity contribution in [3.8, 4) is 0 Å². The maximum atomic E-state index is 13.7. The topological polar surface area (TPSA) is 63.4 Å². The summed E-state index contributed by atoms with van der Waals surface area (Å²) in [5.41, 5.74) is 5.19. The Hall–Kier alpha value is -2.15. The second-order valence-corrected chi connectivity index (χ2v) is 6.54. The molecule has 0 unspecified atom stereocenters. The zero-order valence-corrected chi connectivity index (χ0v) is 12.3. The van der Waals surface area contributed by atoms with Gasteiger partial charge in [0.05, 0.1) is 16.3 Å². The standard InChI is InChI=1S/C14H14F2N2O2S/c1-9-7-10(8-12(17)14(9)16)21(19,20)18(2)13-6-4-3-5-11(13)15/h3-8H,17H2,1-2H3. The Bertz CT molecular complexity index is 768. The molecule has 0 saturated carbocycles. The Morgan fingerprint density at radius 1 is 1.14 bits per heavy atom. The second-order valence-electron chi connectivity index (χ2n) is 4.57. The van der Waals surface area contributed by atoms with Crippen LogP contribution in [0.1, 0.15) is 5.56 Å².